The number of sulfonamides is 1. The summed E-state index contributed by atoms with van der Waals surface area (Å²) in [5.74, 6) is -0.469. The molecule has 1 atom stereocenters. The third-order valence-electron chi connectivity index (χ3n) is 3.15. The highest BCUT2D eigenvalue weighted by Gasteiger charge is 2.22. The predicted octanol–water partition coefficient (Wildman–Crippen LogP) is 2.95. The summed E-state index contributed by atoms with van der Waals surface area (Å²) in [4.78, 5) is 12.2. The molecule has 0 saturated carbocycles. The maximum atomic E-state index is 12.3. The second-order valence-corrected chi connectivity index (χ2v) is 7.31. The molecule has 0 aliphatic carbocycles. The van der Waals surface area contributed by atoms with E-state index >= 15 is 0 Å². The Bertz CT molecular complexity index is 804. The molecule has 2 aromatic rings. The van der Waals surface area contributed by atoms with Gasteiger partial charge < -0.3 is 5.32 Å². The van der Waals surface area contributed by atoms with Crippen molar-refractivity contribution in [3.8, 4) is 0 Å². The number of halogens is 1. The molecule has 0 bridgehead atoms. The molecule has 7 heteroatoms. The number of anilines is 1. The van der Waals surface area contributed by atoms with Crippen LogP contribution in [0.2, 0.25) is 5.02 Å². The lowest BCUT2D eigenvalue weighted by atomic mass is 10.2. The topological polar surface area (TPSA) is 75.3 Å². The lowest BCUT2D eigenvalue weighted by Gasteiger charge is -2.14. The van der Waals surface area contributed by atoms with Crippen molar-refractivity contribution in [3.63, 3.8) is 0 Å². The number of carbonyl (C=O) groups excluding carboxylic acids is 1. The van der Waals surface area contributed by atoms with E-state index < -0.39 is 22.0 Å². The lowest BCUT2D eigenvalue weighted by Crippen LogP contribution is -2.41. The van der Waals surface area contributed by atoms with Crippen molar-refractivity contribution in [2.24, 2.45) is 0 Å². The van der Waals surface area contributed by atoms with Crippen LogP contribution in [0, 0.1) is 6.92 Å². The van der Waals surface area contributed by atoms with Crippen LogP contribution >= 0.6 is 11.6 Å². The summed E-state index contributed by atoms with van der Waals surface area (Å²) in [5.41, 5.74) is 1.46. The van der Waals surface area contributed by atoms with Crippen molar-refractivity contribution in [2.45, 2.75) is 24.8 Å². The zero-order chi connectivity index (χ0) is 17.0. The van der Waals surface area contributed by atoms with Crippen LogP contribution in [0.25, 0.3) is 0 Å². The van der Waals surface area contributed by atoms with Crippen molar-refractivity contribution >= 4 is 33.2 Å². The Labute approximate surface area is 140 Å². The Morgan fingerprint density at radius 2 is 1.78 bits per heavy atom. The van der Waals surface area contributed by atoms with Crippen LogP contribution in [-0.2, 0) is 14.8 Å². The molecule has 5 nitrogen and oxygen atoms in total. The van der Waals surface area contributed by atoms with Crippen LogP contribution in [-0.4, -0.2) is 20.4 Å². The molecule has 2 rings (SSSR count). The normalized spacial score (nSPS) is 12.7. The van der Waals surface area contributed by atoms with Crippen LogP contribution in [0.15, 0.2) is 53.4 Å². The van der Waals surface area contributed by atoms with E-state index in [4.69, 9.17) is 11.6 Å². The quantitative estimate of drug-likeness (QED) is 0.868. The third-order valence-corrected chi connectivity index (χ3v) is 4.94. The molecule has 1 amide bonds. The number of carbonyl (C=O) groups is 1. The highest BCUT2D eigenvalue weighted by Crippen LogP contribution is 2.15. The maximum absolute atomic E-state index is 12.3. The Balaban J connectivity index is 2.06. The van der Waals surface area contributed by atoms with E-state index in [2.05, 4.69) is 10.0 Å². The summed E-state index contributed by atoms with van der Waals surface area (Å²) < 4.78 is 26.9. The van der Waals surface area contributed by atoms with Gasteiger partial charge in [-0.15, -0.1) is 0 Å². The zero-order valence-corrected chi connectivity index (χ0v) is 14.3. The fourth-order valence-corrected chi connectivity index (χ4v) is 3.28. The van der Waals surface area contributed by atoms with Crippen LogP contribution in [0.4, 0.5) is 5.69 Å². The molecule has 0 saturated heterocycles. The molecular weight excluding hydrogens is 336 g/mol. The second-order valence-electron chi connectivity index (χ2n) is 5.16. The number of amides is 1. The van der Waals surface area contributed by atoms with Gasteiger partial charge in [0.2, 0.25) is 15.9 Å². The molecule has 0 spiro atoms. The summed E-state index contributed by atoms with van der Waals surface area (Å²) in [7, 11) is -3.76. The van der Waals surface area contributed by atoms with Gasteiger partial charge in [-0.25, -0.2) is 8.42 Å². The highest BCUT2D eigenvalue weighted by atomic mass is 35.5. The summed E-state index contributed by atoms with van der Waals surface area (Å²) in [6.07, 6.45) is 0. The van der Waals surface area contributed by atoms with E-state index in [1.165, 1.54) is 19.1 Å². The lowest BCUT2D eigenvalue weighted by molar-refractivity contribution is -0.117. The van der Waals surface area contributed by atoms with Crippen LogP contribution in [0.1, 0.15) is 12.5 Å². The minimum Gasteiger partial charge on any atom is -0.325 e. The van der Waals surface area contributed by atoms with Gasteiger partial charge >= 0.3 is 0 Å². The first-order chi connectivity index (χ1) is 10.8. The molecule has 0 radical (unpaired) electrons. The average molecular weight is 353 g/mol. The minimum atomic E-state index is -3.76. The molecular formula is C16H17ClN2O3S. The Hall–Kier alpha value is -1.89. The minimum absolute atomic E-state index is 0.116. The van der Waals surface area contributed by atoms with Crippen molar-refractivity contribution in [2.75, 3.05) is 5.32 Å². The second kappa shape index (κ2) is 7.12. The van der Waals surface area contributed by atoms with Gasteiger partial charge in [0.25, 0.3) is 0 Å². The van der Waals surface area contributed by atoms with Crippen LogP contribution in [0.5, 0.6) is 0 Å². The fourth-order valence-electron chi connectivity index (χ4n) is 1.89. The molecule has 23 heavy (non-hydrogen) atoms. The first-order valence-corrected chi connectivity index (χ1v) is 8.79. The summed E-state index contributed by atoms with van der Waals surface area (Å²) in [6, 6.07) is 12.1. The Morgan fingerprint density at radius 1 is 1.13 bits per heavy atom. The molecule has 0 heterocycles. The first kappa shape index (κ1) is 17.5. The van der Waals surface area contributed by atoms with E-state index in [-0.39, 0.29) is 4.90 Å². The third kappa shape index (κ3) is 4.79. The van der Waals surface area contributed by atoms with E-state index in [1.807, 2.05) is 6.92 Å². The largest absolute Gasteiger partial charge is 0.325 e. The number of hydrogen-bond acceptors (Lipinski definition) is 3. The molecule has 0 aromatic heterocycles. The average Bonchev–Trinajstić information content (AvgIpc) is 2.47. The summed E-state index contributed by atoms with van der Waals surface area (Å²) in [5, 5.41) is 3.10. The van der Waals surface area contributed by atoms with Crippen LogP contribution in [0.3, 0.4) is 0 Å². The molecule has 122 valence electrons. The Kier molecular flexibility index (Phi) is 5.41. The maximum Gasteiger partial charge on any atom is 0.242 e. The number of hydrogen-bond donors (Lipinski definition) is 2. The predicted molar refractivity (Wildman–Crippen MR) is 91.0 cm³/mol. The Morgan fingerprint density at radius 3 is 2.39 bits per heavy atom. The molecule has 0 fully saturated rings. The van der Waals surface area contributed by atoms with E-state index in [1.54, 1.807) is 36.4 Å². The number of nitrogens with one attached hydrogen (secondary N) is 2. The van der Waals surface area contributed by atoms with Gasteiger partial charge in [-0.2, -0.15) is 4.72 Å². The van der Waals surface area contributed by atoms with Crippen LogP contribution < -0.4 is 10.0 Å². The van der Waals surface area contributed by atoms with E-state index in [0.717, 1.165) is 5.56 Å². The van der Waals surface area contributed by atoms with Gasteiger partial charge in [-0.3, -0.25) is 4.79 Å². The van der Waals surface area contributed by atoms with Gasteiger partial charge in [-0.1, -0.05) is 35.4 Å². The number of aryl methyl sites for hydroxylation is 1. The standard InChI is InChI=1S/C16H17ClN2O3S/c1-11-6-8-15(9-7-11)23(21,22)19-12(2)16(20)18-14-5-3-4-13(17)10-14/h3-10,12,19H,1-2H3,(H,18,20). The summed E-state index contributed by atoms with van der Waals surface area (Å²) in [6.45, 7) is 3.34. The van der Waals surface area contributed by atoms with Crippen molar-refractivity contribution in [1.82, 2.24) is 4.72 Å². The molecule has 0 aliphatic heterocycles. The van der Waals surface area contributed by atoms with Crippen molar-refractivity contribution < 1.29 is 13.2 Å². The van der Waals surface area contributed by atoms with Gasteiger partial charge in [0.1, 0.15) is 0 Å². The molecule has 0 aliphatic rings. The van der Waals surface area contributed by atoms with Gasteiger partial charge in [0.05, 0.1) is 10.9 Å². The first-order valence-electron chi connectivity index (χ1n) is 6.93. The van der Waals surface area contributed by atoms with E-state index in [9.17, 15) is 13.2 Å². The van der Waals surface area contributed by atoms with Gasteiger partial charge in [-0.05, 0) is 44.2 Å². The molecule has 2 aromatic carbocycles. The number of rotatable bonds is 5. The SMILES string of the molecule is Cc1ccc(S(=O)(=O)NC(C)C(=O)Nc2cccc(Cl)c2)cc1. The highest BCUT2D eigenvalue weighted by molar-refractivity contribution is 7.89. The molecule has 2 N–H and O–H groups in total. The molecule has 1 unspecified atom stereocenters. The fraction of sp³-hybridized carbons (Fsp3) is 0.188. The van der Waals surface area contributed by atoms with Gasteiger partial charge in [0, 0.05) is 10.7 Å². The van der Waals surface area contributed by atoms with Gasteiger partial charge in [0.15, 0.2) is 0 Å². The van der Waals surface area contributed by atoms with Crippen molar-refractivity contribution in [3.05, 3.63) is 59.1 Å². The zero-order valence-electron chi connectivity index (χ0n) is 12.7. The summed E-state index contributed by atoms with van der Waals surface area (Å²) >= 11 is 5.84. The van der Waals surface area contributed by atoms with Crippen molar-refractivity contribution in [1.29, 1.82) is 0 Å². The number of benzene rings is 2. The monoisotopic (exact) mass is 352 g/mol. The van der Waals surface area contributed by atoms with E-state index in [0.29, 0.717) is 10.7 Å². The smallest absolute Gasteiger partial charge is 0.242 e.